The van der Waals surface area contributed by atoms with Crippen molar-refractivity contribution in [3.8, 4) is 0 Å². The standard InChI is InChI=1S/C26H33NO2/c1-6-22-9-7-8-10-25(22)26-17-23(24-14-18(2)13-19(3)15-24)11-12-27(26)29-21(5)16-20(4)28/h7-15,17,20-21,26,28H,6,16H2,1-5H3. The Balaban J connectivity index is 1.99. The lowest BCUT2D eigenvalue weighted by atomic mass is 9.92. The maximum Gasteiger partial charge on any atom is 0.100 e. The fraction of sp³-hybridized carbons (Fsp3) is 0.385. The first-order valence-electron chi connectivity index (χ1n) is 10.6. The molecule has 0 radical (unpaired) electrons. The van der Waals surface area contributed by atoms with Crippen molar-refractivity contribution >= 4 is 5.57 Å². The molecule has 0 aliphatic carbocycles. The summed E-state index contributed by atoms with van der Waals surface area (Å²) < 4.78 is 0. The van der Waals surface area contributed by atoms with Gasteiger partial charge in [-0.05, 0) is 68.5 Å². The third-order valence-corrected chi connectivity index (χ3v) is 5.30. The second kappa shape index (κ2) is 9.43. The number of aliphatic hydroxyl groups excluding tert-OH is 1. The van der Waals surface area contributed by atoms with Gasteiger partial charge in [-0.3, -0.25) is 4.84 Å². The van der Waals surface area contributed by atoms with Gasteiger partial charge in [0.05, 0.1) is 12.2 Å². The Kier molecular flexibility index (Phi) is 6.94. The summed E-state index contributed by atoms with van der Waals surface area (Å²) in [7, 11) is 0. The van der Waals surface area contributed by atoms with Crippen molar-refractivity contribution in [2.24, 2.45) is 0 Å². The van der Waals surface area contributed by atoms with Crippen LogP contribution in [0.4, 0.5) is 0 Å². The predicted octanol–water partition coefficient (Wildman–Crippen LogP) is 5.91. The second-order valence-corrected chi connectivity index (χ2v) is 8.17. The fourth-order valence-electron chi connectivity index (χ4n) is 4.08. The number of allylic oxidation sites excluding steroid dienone is 2. The van der Waals surface area contributed by atoms with Gasteiger partial charge in [-0.25, -0.2) is 5.06 Å². The number of benzene rings is 2. The lowest BCUT2D eigenvalue weighted by Crippen LogP contribution is -2.31. The first kappa shape index (κ1) is 21.4. The number of hydrogen-bond donors (Lipinski definition) is 1. The molecule has 3 atom stereocenters. The Hall–Kier alpha value is -2.36. The second-order valence-electron chi connectivity index (χ2n) is 8.17. The molecule has 0 saturated heterocycles. The molecule has 0 amide bonds. The zero-order valence-electron chi connectivity index (χ0n) is 18.2. The topological polar surface area (TPSA) is 32.7 Å². The molecule has 1 heterocycles. The molecule has 3 rings (SSSR count). The zero-order chi connectivity index (χ0) is 21.0. The van der Waals surface area contributed by atoms with Crippen LogP contribution in [0.3, 0.4) is 0 Å². The van der Waals surface area contributed by atoms with E-state index in [1.54, 1.807) is 6.92 Å². The van der Waals surface area contributed by atoms with Crippen molar-refractivity contribution < 1.29 is 9.94 Å². The Bertz CT molecular complexity index is 877. The summed E-state index contributed by atoms with van der Waals surface area (Å²) in [4.78, 5) is 6.24. The maximum atomic E-state index is 9.73. The smallest absolute Gasteiger partial charge is 0.100 e. The van der Waals surface area contributed by atoms with E-state index >= 15 is 0 Å². The summed E-state index contributed by atoms with van der Waals surface area (Å²) in [5.74, 6) is 0. The molecule has 3 unspecified atom stereocenters. The molecular formula is C26H33NO2. The Morgan fingerprint density at radius 2 is 1.76 bits per heavy atom. The molecule has 2 aromatic rings. The van der Waals surface area contributed by atoms with Crippen LogP contribution in [0, 0.1) is 13.8 Å². The highest BCUT2D eigenvalue weighted by atomic mass is 16.7. The summed E-state index contributed by atoms with van der Waals surface area (Å²) in [6, 6.07) is 15.2. The van der Waals surface area contributed by atoms with Crippen molar-refractivity contribution in [3.63, 3.8) is 0 Å². The summed E-state index contributed by atoms with van der Waals surface area (Å²) in [5, 5.41) is 11.7. The van der Waals surface area contributed by atoms with Crippen molar-refractivity contribution in [2.75, 3.05) is 0 Å². The molecule has 0 spiro atoms. The highest BCUT2D eigenvalue weighted by molar-refractivity contribution is 5.76. The maximum absolute atomic E-state index is 9.73. The highest BCUT2D eigenvalue weighted by Crippen LogP contribution is 2.35. The van der Waals surface area contributed by atoms with E-state index < -0.39 is 0 Å². The van der Waals surface area contributed by atoms with Gasteiger partial charge in [-0.15, -0.1) is 0 Å². The van der Waals surface area contributed by atoms with Gasteiger partial charge in [0.25, 0.3) is 0 Å². The highest BCUT2D eigenvalue weighted by Gasteiger charge is 2.25. The molecule has 154 valence electrons. The molecule has 1 aliphatic heterocycles. The number of hydroxylamine groups is 2. The van der Waals surface area contributed by atoms with E-state index in [-0.39, 0.29) is 18.2 Å². The first-order valence-corrected chi connectivity index (χ1v) is 10.6. The van der Waals surface area contributed by atoms with E-state index in [2.05, 4.69) is 75.4 Å². The van der Waals surface area contributed by atoms with Gasteiger partial charge in [0.2, 0.25) is 0 Å². The summed E-state index contributed by atoms with van der Waals surface area (Å²) in [6.07, 6.45) is 7.54. The SMILES string of the molecule is CCc1ccccc1C1C=C(c2cc(C)cc(C)c2)C=CN1OC(C)CC(C)O. The van der Waals surface area contributed by atoms with Gasteiger partial charge >= 0.3 is 0 Å². The van der Waals surface area contributed by atoms with Crippen LogP contribution in [-0.2, 0) is 11.3 Å². The zero-order valence-corrected chi connectivity index (χ0v) is 18.2. The lowest BCUT2D eigenvalue weighted by molar-refractivity contribution is -0.183. The minimum Gasteiger partial charge on any atom is -0.393 e. The lowest BCUT2D eigenvalue weighted by Gasteiger charge is -2.34. The van der Waals surface area contributed by atoms with Crippen LogP contribution in [0.15, 0.2) is 60.8 Å². The summed E-state index contributed by atoms with van der Waals surface area (Å²) in [6.45, 7) is 10.3. The summed E-state index contributed by atoms with van der Waals surface area (Å²) in [5.41, 5.74) is 7.55. The number of aliphatic hydroxyl groups is 1. The average molecular weight is 392 g/mol. The molecule has 1 N–H and O–H groups in total. The molecule has 0 bridgehead atoms. The van der Waals surface area contributed by atoms with E-state index in [1.165, 1.54) is 33.4 Å². The number of rotatable bonds is 7. The molecule has 29 heavy (non-hydrogen) atoms. The van der Waals surface area contributed by atoms with Gasteiger partial charge in [0.1, 0.15) is 6.04 Å². The van der Waals surface area contributed by atoms with Crippen LogP contribution in [-0.4, -0.2) is 22.4 Å². The van der Waals surface area contributed by atoms with Gasteiger partial charge in [-0.2, -0.15) is 0 Å². The van der Waals surface area contributed by atoms with Crippen LogP contribution in [0.25, 0.3) is 5.57 Å². The van der Waals surface area contributed by atoms with E-state index in [0.717, 1.165) is 6.42 Å². The molecule has 0 saturated carbocycles. The van der Waals surface area contributed by atoms with E-state index in [9.17, 15) is 5.11 Å². The molecule has 2 aromatic carbocycles. The van der Waals surface area contributed by atoms with Crippen LogP contribution < -0.4 is 0 Å². The third kappa shape index (κ3) is 5.37. The number of hydrogen-bond acceptors (Lipinski definition) is 3. The molecule has 0 fully saturated rings. The molecular weight excluding hydrogens is 358 g/mol. The van der Waals surface area contributed by atoms with Crippen LogP contribution in [0.5, 0.6) is 0 Å². The Morgan fingerprint density at radius 3 is 2.41 bits per heavy atom. The first-order chi connectivity index (χ1) is 13.9. The quantitative estimate of drug-likeness (QED) is 0.637. The predicted molar refractivity (Wildman–Crippen MR) is 120 cm³/mol. The normalized spacial score (nSPS) is 18.5. The van der Waals surface area contributed by atoms with Crippen LogP contribution in [0.2, 0.25) is 0 Å². The fourth-order valence-corrected chi connectivity index (χ4v) is 4.08. The van der Waals surface area contributed by atoms with E-state index in [0.29, 0.717) is 6.42 Å². The van der Waals surface area contributed by atoms with Crippen molar-refractivity contribution in [1.82, 2.24) is 5.06 Å². The average Bonchev–Trinajstić information content (AvgIpc) is 2.67. The van der Waals surface area contributed by atoms with Crippen molar-refractivity contribution in [2.45, 2.75) is 65.7 Å². The largest absolute Gasteiger partial charge is 0.393 e. The van der Waals surface area contributed by atoms with Gasteiger partial charge in [0, 0.05) is 12.6 Å². The van der Waals surface area contributed by atoms with Crippen LogP contribution >= 0.6 is 0 Å². The minimum atomic E-state index is -0.387. The van der Waals surface area contributed by atoms with Crippen molar-refractivity contribution in [1.29, 1.82) is 0 Å². The van der Waals surface area contributed by atoms with Gasteiger partial charge in [0.15, 0.2) is 0 Å². The molecule has 3 nitrogen and oxygen atoms in total. The number of nitrogens with zero attached hydrogens (tertiary/aromatic N) is 1. The molecule has 3 heteroatoms. The third-order valence-electron chi connectivity index (χ3n) is 5.30. The minimum absolute atomic E-state index is 0.0107. The van der Waals surface area contributed by atoms with Gasteiger partial charge in [-0.1, -0.05) is 60.5 Å². The Morgan fingerprint density at radius 1 is 1.07 bits per heavy atom. The molecule has 0 aromatic heterocycles. The number of aryl methyl sites for hydroxylation is 3. The van der Waals surface area contributed by atoms with Gasteiger partial charge < -0.3 is 5.11 Å². The Labute approximate surface area is 175 Å². The van der Waals surface area contributed by atoms with E-state index in [4.69, 9.17) is 4.84 Å². The summed E-state index contributed by atoms with van der Waals surface area (Å²) >= 11 is 0. The molecule has 1 aliphatic rings. The monoisotopic (exact) mass is 391 g/mol. The van der Waals surface area contributed by atoms with Crippen LogP contribution in [0.1, 0.15) is 61.1 Å². The van der Waals surface area contributed by atoms with Crippen molar-refractivity contribution in [3.05, 3.63) is 88.6 Å². The van der Waals surface area contributed by atoms with E-state index in [1.807, 2.05) is 18.2 Å².